The summed E-state index contributed by atoms with van der Waals surface area (Å²) in [5.41, 5.74) is 0. The lowest BCUT2D eigenvalue weighted by Crippen LogP contribution is -2.37. The van der Waals surface area contributed by atoms with Crippen molar-refractivity contribution in [1.82, 2.24) is 20.2 Å². The predicted molar refractivity (Wildman–Crippen MR) is 60.8 cm³/mol. The molecule has 1 aliphatic rings. The topological polar surface area (TPSA) is 97.1 Å². The van der Waals surface area contributed by atoms with Crippen molar-refractivity contribution in [3.63, 3.8) is 0 Å². The molecular formula is C9H16N4O3S. The van der Waals surface area contributed by atoms with Crippen molar-refractivity contribution in [2.24, 2.45) is 0 Å². The molecule has 1 aromatic heterocycles. The van der Waals surface area contributed by atoms with Gasteiger partial charge >= 0.3 is 0 Å². The van der Waals surface area contributed by atoms with E-state index in [1.807, 2.05) is 0 Å². The zero-order valence-electron chi connectivity index (χ0n) is 9.42. The molecule has 0 radical (unpaired) electrons. The van der Waals surface area contributed by atoms with Gasteiger partial charge in [0.1, 0.15) is 0 Å². The van der Waals surface area contributed by atoms with Gasteiger partial charge in [-0.3, -0.25) is 0 Å². The van der Waals surface area contributed by atoms with Crippen molar-refractivity contribution in [2.45, 2.75) is 25.3 Å². The average Bonchev–Trinajstić information content (AvgIpc) is 2.89. The molecule has 7 nitrogen and oxygen atoms in total. The van der Waals surface area contributed by atoms with Gasteiger partial charge in [0.15, 0.2) is 6.33 Å². The number of hydrogen-bond donors (Lipinski definition) is 2. The van der Waals surface area contributed by atoms with E-state index in [1.54, 1.807) is 0 Å². The summed E-state index contributed by atoms with van der Waals surface area (Å²) in [4.78, 5) is 3.81. The normalized spacial score (nSPS) is 20.8. The van der Waals surface area contributed by atoms with Gasteiger partial charge in [0.25, 0.3) is 0 Å². The Kier molecular flexibility index (Phi) is 4.08. The van der Waals surface area contributed by atoms with Crippen molar-refractivity contribution < 1.29 is 12.9 Å². The summed E-state index contributed by atoms with van der Waals surface area (Å²) in [5, 5.41) is 6.60. The fraction of sp³-hybridized carbons (Fsp3) is 0.778. The maximum Gasteiger partial charge on any atom is 0.227 e. The summed E-state index contributed by atoms with van der Waals surface area (Å²) >= 11 is 0. The zero-order chi connectivity index (χ0) is 12.1. The molecule has 1 fully saturated rings. The second-order valence-electron chi connectivity index (χ2n) is 4.05. The SMILES string of the molecule is O=S(=O)(CC1CCCN1)NCCc1ncno1. The van der Waals surface area contributed by atoms with Crippen molar-refractivity contribution in [3.8, 4) is 0 Å². The van der Waals surface area contributed by atoms with E-state index >= 15 is 0 Å². The molecular weight excluding hydrogens is 244 g/mol. The molecule has 2 rings (SSSR count). The molecule has 2 N–H and O–H groups in total. The molecule has 1 unspecified atom stereocenters. The molecule has 0 aromatic carbocycles. The molecule has 8 heteroatoms. The van der Waals surface area contributed by atoms with Crippen LogP contribution in [0.4, 0.5) is 0 Å². The average molecular weight is 260 g/mol. The molecule has 1 aromatic rings. The van der Waals surface area contributed by atoms with Crippen LogP contribution in [-0.4, -0.2) is 43.4 Å². The summed E-state index contributed by atoms with van der Waals surface area (Å²) in [5.74, 6) is 0.572. The molecule has 17 heavy (non-hydrogen) atoms. The number of sulfonamides is 1. The number of aromatic nitrogens is 2. The van der Waals surface area contributed by atoms with Gasteiger partial charge in [0.05, 0.1) is 5.75 Å². The van der Waals surface area contributed by atoms with E-state index in [1.165, 1.54) is 6.33 Å². The molecule has 1 saturated heterocycles. The standard InChI is InChI=1S/C9H16N4O3S/c14-17(15,6-8-2-1-4-10-8)13-5-3-9-11-7-12-16-9/h7-8,10,13H,1-6H2. The minimum atomic E-state index is -3.22. The fourth-order valence-corrected chi connectivity index (χ4v) is 3.19. The Morgan fingerprint density at radius 2 is 2.47 bits per heavy atom. The Balaban J connectivity index is 1.73. The van der Waals surface area contributed by atoms with Gasteiger partial charge in [0, 0.05) is 19.0 Å². The Morgan fingerprint density at radius 3 is 3.12 bits per heavy atom. The minimum Gasteiger partial charge on any atom is -0.340 e. The summed E-state index contributed by atoms with van der Waals surface area (Å²) < 4.78 is 30.7. The van der Waals surface area contributed by atoms with E-state index in [4.69, 9.17) is 4.52 Å². The molecule has 96 valence electrons. The van der Waals surface area contributed by atoms with E-state index < -0.39 is 10.0 Å². The van der Waals surface area contributed by atoms with Crippen LogP contribution in [0, 0.1) is 0 Å². The van der Waals surface area contributed by atoms with Gasteiger partial charge in [-0.2, -0.15) is 4.98 Å². The monoisotopic (exact) mass is 260 g/mol. The first kappa shape index (κ1) is 12.5. The van der Waals surface area contributed by atoms with Crippen LogP contribution in [0.1, 0.15) is 18.7 Å². The van der Waals surface area contributed by atoms with Crippen LogP contribution in [0.25, 0.3) is 0 Å². The number of rotatable bonds is 6. The summed E-state index contributed by atoms with van der Waals surface area (Å²) in [7, 11) is -3.22. The highest BCUT2D eigenvalue weighted by Crippen LogP contribution is 2.06. The highest BCUT2D eigenvalue weighted by atomic mass is 32.2. The van der Waals surface area contributed by atoms with Crippen molar-refractivity contribution in [2.75, 3.05) is 18.8 Å². The maximum atomic E-state index is 11.7. The molecule has 0 bridgehead atoms. The van der Waals surface area contributed by atoms with Crippen LogP contribution in [0.3, 0.4) is 0 Å². The lowest BCUT2D eigenvalue weighted by atomic mass is 10.3. The van der Waals surface area contributed by atoms with Crippen LogP contribution in [0.2, 0.25) is 0 Å². The zero-order valence-corrected chi connectivity index (χ0v) is 10.2. The van der Waals surface area contributed by atoms with E-state index in [0.717, 1.165) is 19.4 Å². The highest BCUT2D eigenvalue weighted by Gasteiger charge is 2.21. The van der Waals surface area contributed by atoms with Gasteiger partial charge in [-0.15, -0.1) is 0 Å². The fourth-order valence-electron chi connectivity index (χ4n) is 1.84. The molecule has 0 saturated carbocycles. The molecule has 1 atom stereocenters. The molecule has 0 amide bonds. The number of hydrogen-bond acceptors (Lipinski definition) is 6. The largest absolute Gasteiger partial charge is 0.340 e. The van der Waals surface area contributed by atoms with E-state index in [-0.39, 0.29) is 18.3 Å². The molecule has 0 aliphatic carbocycles. The van der Waals surface area contributed by atoms with Crippen LogP contribution >= 0.6 is 0 Å². The van der Waals surface area contributed by atoms with Crippen LogP contribution < -0.4 is 10.0 Å². The highest BCUT2D eigenvalue weighted by molar-refractivity contribution is 7.89. The smallest absolute Gasteiger partial charge is 0.227 e. The minimum absolute atomic E-state index is 0.0795. The number of nitrogens with one attached hydrogen (secondary N) is 2. The van der Waals surface area contributed by atoms with Gasteiger partial charge < -0.3 is 9.84 Å². The second-order valence-corrected chi connectivity index (χ2v) is 5.91. The third-order valence-electron chi connectivity index (χ3n) is 2.65. The van der Waals surface area contributed by atoms with Gasteiger partial charge in [-0.05, 0) is 19.4 Å². The molecule has 2 heterocycles. The first-order valence-corrected chi connectivity index (χ1v) is 7.27. The quantitative estimate of drug-likeness (QED) is 0.701. The van der Waals surface area contributed by atoms with Gasteiger partial charge in [-0.25, -0.2) is 13.1 Å². The van der Waals surface area contributed by atoms with Gasteiger partial charge in [0.2, 0.25) is 15.9 Å². The summed E-state index contributed by atoms with van der Waals surface area (Å²) in [6, 6.07) is 0.0795. The van der Waals surface area contributed by atoms with Crippen molar-refractivity contribution in [3.05, 3.63) is 12.2 Å². The Morgan fingerprint density at radius 1 is 1.59 bits per heavy atom. The summed E-state index contributed by atoms with van der Waals surface area (Å²) in [6.07, 6.45) is 3.68. The maximum absolute atomic E-state index is 11.7. The number of nitrogens with zero attached hydrogens (tertiary/aromatic N) is 2. The lowest BCUT2D eigenvalue weighted by Gasteiger charge is -2.11. The van der Waals surface area contributed by atoms with Crippen molar-refractivity contribution >= 4 is 10.0 Å². The third kappa shape index (κ3) is 4.06. The Bertz CT molecular complexity index is 425. The van der Waals surface area contributed by atoms with Crippen LogP contribution in [0.5, 0.6) is 0 Å². The predicted octanol–water partition coefficient (Wildman–Crippen LogP) is -0.716. The van der Waals surface area contributed by atoms with Gasteiger partial charge in [-0.1, -0.05) is 5.16 Å². The van der Waals surface area contributed by atoms with Crippen LogP contribution in [0.15, 0.2) is 10.9 Å². The third-order valence-corrected chi connectivity index (χ3v) is 4.14. The van der Waals surface area contributed by atoms with E-state index in [0.29, 0.717) is 12.3 Å². The lowest BCUT2D eigenvalue weighted by molar-refractivity contribution is 0.377. The Hall–Kier alpha value is -0.990. The second kappa shape index (κ2) is 5.56. The first-order valence-electron chi connectivity index (χ1n) is 5.62. The van der Waals surface area contributed by atoms with Crippen LogP contribution in [-0.2, 0) is 16.4 Å². The first-order chi connectivity index (χ1) is 8.16. The Labute approximate surface area is 100 Å². The van der Waals surface area contributed by atoms with E-state index in [2.05, 4.69) is 20.2 Å². The van der Waals surface area contributed by atoms with E-state index in [9.17, 15) is 8.42 Å². The van der Waals surface area contributed by atoms with Crippen molar-refractivity contribution in [1.29, 1.82) is 0 Å². The molecule has 1 aliphatic heterocycles. The molecule has 0 spiro atoms. The summed E-state index contributed by atoms with van der Waals surface area (Å²) in [6.45, 7) is 1.19.